The Morgan fingerprint density at radius 2 is 1.77 bits per heavy atom. The Bertz CT molecular complexity index is 1260. The number of benzene rings is 3. The molecule has 0 saturated carbocycles. The fourth-order valence-electron chi connectivity index (χ4n) is 3.12. The summed E-state index contributed by atoms with van der Waals surface area (Å²) in [6, 6.07) is 20.7. The van der Waals surface area contributed by atoms with Crippen LogP contribution in [0.2, 0.25) is 0 Å². The summed E-state index contributed by atoms with van der Waals surface area (Å²) in [5.41, 5.74) is 2.02. The average Bonchev–Trinajstić information content (AvgIpc) is 2.74. The third-order valence-electron chi connectivity index (χ3n) is 4.52. The number of aromatic hydroxyl groups is 1. The van der Waals surface area contributed by atoms with Gasteiger partial charge < -0.3 is 19.6 Å². The van der Waals surface area contributed by atoms with Crippen molar-refractivity contribution in [2.45, 2.75) is 13.5 Å². The number of phenols is 1. The molecule has 6 nitrogen and oxygen atoms in total. The zero-order chi connectivity index (χ0) is 21.1. The molecule has 0 aliphatic heterocycles. The first-order valence-corrected chi connectivity index (χ1v) is 9.36. The number of hydrogen-bond acceptors (Lipinski definition) is 5. The highest BCUT2D eigenvalue weighted by molar-refractivity contribution is 5.92. The highest BCUT2D eigenvalue weighted by Crippen LogP contribution is 2.33. The highest BCUT2D eigenvalue weighted by Gasteiger charge is 2.18. The van der Waals surface area contributed by atoms with Crippen LogP contribution in [-0.2, 0) is 11.4 Å². The van der Waals surface area contributed by atoms with Gasteiger partial charge in [-0.2, -0.15) is 0 Å². The number of carbonyl (C=O) groups excluding carboxylic acids is 1. The first-order valence-electron chi connectivity index (χ1n) is 9.36. The molecule has 6 heteroatoms. The predicted octanol–water partition coefficient (Wildman–Crippen LogP) is 4.70. The minimum atomic E-state index is -0.345. The van der Waals surface area contributed by atoms with Crippen molar-refractivity contribution in [2.75, 3.05) is 5.32 Å². The minimum Gasteiger partial charge on any atom is -0.508 e. The van der Waals surface area contributed by atoms with Crippen LogP contribution in [-0.4, -0.2) is 11.0 Å². The molecule has 0 saturated heterocycles. The normalized spacial score (nSPS) is 10.7. The molecule has 0 bridgehead atoms. The van der Waals surface area contributed by atoms with Gasteiger partial charge in [0, 0.05) is 18.2 Å². The Kier molecular flexibility index (Phi) is 5.22. The number of rotatable bonds is 5. The number of hydrogen-bond donors (Lipinski definition) is 2. The SMILES string of the molecule is CC(=O)Nc1ccc2oc(-c3ccc(O)cc3)c(OCc3ccccc3)c(=O)c2c1. The van der Waals surface area contributed by atoms with Gasteiger partial charge in [0.2, 0.25) is 17.1 Å². The Morgan fingerprint density at radius 3 is 2.47 bits per heavy atom. The van der Waals surface area contributed by atoms with E-state index in [1.54, 1.807) is 30.3 Å². The maximum Gasteiger partial charge on any atom is 0.235 e. The fourth-order valence-corrected chi connectivity index (χ4v) is 3.12. The number of carbonyl (C=O) groups is 1. The Hall–Kier alpha value is -4.06. The molecule has 0 radical (unpaired) electrons. The second-order valence-corrected chi connectivity index (χ2v) is 6.80. The molecule has 1 heterocycles. The van der Waals surface area contributed by atoms with E-state index in [0.717, 1.165) is 5.56 Å². The molecule has 1 aromatic heterocycles. The number of ether oxygens (including phenoxy) is 1. The first-order chi connectivity index (χ1) is 14.5. The van der Waals surface area contributed by atoms with Crippen molar-refractivity contribution in [2.24, 2.45) is 0 Å². The van der Waals surface area contributed by atoms with Crippen LogP contribution in [0.5, 0.6) is 11.5 Å². The number of anilines is 1. The van der Waals surface area contributed by atoms with Crippen molar-refractivity contribution in [1.29, 1.82) is 0 Å². The van der Waals surface area contributed by atoms with Crippen molar-refractivity contribution in [3.63, 3.8) is 0 Å². The van der Waals surface area contributed by atoms with Gasteiger partial charge in [-0.1, -0.05) is 30.3 Å². The maximum atomic E-state index is 13.3. The lowest BCUT2D eigenvalue weighted by Crippen LogP contribution is -2.11. The van der Waals surface area contributed by atoms with Crippen LogP contribution >= 0.6 is 0 Å². The second-order valence-electron chi connectivity index (χ2n) is 6.80. The average molecular weight is 401 g/mol. The summed E-state index contributed by atoms with van der Waals surface area (Å²) >= 11 is 0. The number of amides is 1. The van der Waals surface area contributed by atoms with E-state index in [4.69, 9.17) is 9.15 Å². The topological polar surface area (TPSA) is 88.8 Å². The third-order valence-corrected chi connectivity index (χ3v) is 4.52. The first kappa shape index (κ1) is 19.3. The van der Waals surface area contributed by atoms with E-state index >= 15 is 0 Å². The van der Waals surface area contributed by atoms with Crippen LogP contribution in [0.3, 0.4) is 0 Å². The van der Waals surface area contributed by atoms with Crippen LogP contribution < -0.4 is 15.5 Å². The molecule has 0 aliphatic carbocycles. The number of nitrogens with one attached hydrogen (secondary N) is 1. The van der Waals surface area contributed by atoms with Crippen molar-refractivity contribution in [1.82, 2.24) is 0 Å². The number of phenolic OH excluding ortho intramolecular Hbond substituents is 1. The van der Waals surface area contributed by atoms with Crippen LogP contribution in [0.4, 0.5) is 5.69 Å². The largest absolute Gasteiger partial charge is 0.508 e. The quantitative estimate of drug-likeness (QED) is 0.506. The van der Waals surface area contributed by atoms with Crippen molar-refractivity contribution in [3.8, 4) is 22.8 Å². The monoisotopic (exact) mass is 401 g/mol. The minimum absolute atomic E-state index is 0.0667. The van der Waals surface area contributed by atoms with Gasteiger partial charge >= 0.3 is 0 Å². The molecule has 4 aromatic rings. The second kappa shape index (κ2) is 8.13. The van der Waals surface area contributed by atoms with Gasteiger partial charge in [0.1, 0.15) is 17.9 Å². The lowest BCUT2D eigenvalue weighted by molar-refractivity contribution is -0.114. The van der Waals surface area contributed by atoms with Crippen molar-refractivity contribution < 1.29 is 19.1 Å². The molecule has 3 aromatic carbocycles. The molecule has 1 amide bonds. The molecule has 0 fully saturated rings. The summed E-state index contributed by atoms with van der Waals surface area (Å²) < 4.78 is 11.9. The van der Waals surface area contributed by atoms with Gasteiger partial charge in [0.25, 0.3) is 0 Å². The fraction of sp³-hybridized carbons (Fsp3) is 0.0833. The van der Waals surface area contributed by atoms with E-state index in [2.05, 4.69) is 5.32 Å². The molecular weight excluding hydrogens is 382 g/mol. The van der Waals surface area contributed by atoms with E-state index in [0.29, 0.717) is 22.2 Å². The highest BCUT2D eigenvalue weighted by atomic mass is 16.5. The van der Waals surface area contributed by atoms with Gasteiger partial charge in [-0.25, -0.2) is 0 Å². The van der Waals surface area contributed by atoms with Crippen molar-refractivity contribution in [3.05, 3.63) is 88.6 Å². The Morgan fingerprint density at radius 1 is 1.03 bits per heavy atom. The van der Waals surface area contributed by atoms with Crippen LogP contribution in [0.25, 0.3) is 22.3 Å². The van der Waals surface area contributed by atoms with Gasteiger partial charge in [-0.3, -0.25) is 9.59 Å². The molecule has 150 valence electrons. The molecular formula is C24H19NO5. The van der Waals surface area contributed by atoms with E-state index < -0.39 is 0 Å². The van der Waals surface area contributed by atoms with Crippen molar-refractivity contribution >= 4 is 22.6 Å². The van der Waals surface area contributed by atoms with E-state index in [9.17, 15) is 14.7 Å². The summed E-state index contributed by atoms with van der Waals surface area (Å²) in [6.45, 7) is 1.59. The zero-order valence-corrected chi connectivity index (χ0v) is 16.2. The molecule has 0 unspecified atom stereocenters. The molecule has 0 spiro atoms. The summed E-state index contributed by atoms with van der Waals surface area (Å²) in [4.78, 5) is 24.7. The lowest BCUT2D eigenvalue weighted by Gasteiger charge is -2.12. The smallest absolute Gasteiger partial charge is 0.235 e. The van der Waals surface area contributed by atoms with Crippen LogP contribution in [0, 0.1) is 0 Å². The van der Waals surface area contributed by atoms with Gasteiger partial charge in [-0.05, 0) is 48.0 Å². The van der Waals surface area contributed by atoms with E-state index in [1.807, 2.05) is 30.3 Å². The molecule has 2 N–H and O–H groups in total. The molecule has 30 heavy (non-hydrogen) atoms. The van der Waals surface area contributed by atoms with Gasteiger partial charge in [-0.15, -0.1) is 0 Å². The van der Waals surface area contributed by atoms with E-state index in [-0.39, 0.29) is 35.2 Å². The molecule has 4 rings (SSSR count). The summed E-state index contributed by atoms with van der Waals surface area (Å²) in [6.07, 6.45) is 0. The van der Waals surface area contributed by atoms with Gasteiger partial charge in [0.05, 0.1) is 5.39 Å². The Balaban J connectivity index is 1.85. The van der Waals surface area contributed by atoms with Gasteiger partial charge in [0.15, 0.2) is 5.76 Å². The molecule has 0 atom stereocenters. The Labute approximate surface area is 172 Å². The van der Waals surface area contributed by atoms with E-state index in [1.165, 1.54) is 19.1 Å². The van der Waals surface area contributed by atoms with Crippen LogP contribution in [0.15, 0.2) is 82.0 Å². The summed E-state index contributed by atoms with van der Waals surface area (Å²) in [5, 5.41) is 12.6. The number of fused-ring (bicyclic) bond motifs is 1. The van der Waals surface area contributed by atoms with Crippen LogP contribution in [0.1, 0.15) is 12.5 Å². The zero-order valence-electron chi connectivity index (χ0n) is 16.2. The summed E-state index contributed by atoms with van der Waals surface area (Å²) in [7, 11) is 0. The standard InChI is InChI=1S/C24H19NO5/c1-15(26)25-18-9-12-21-20(13-18)22(28)24(29-14-16-5-3-2-4-6-16)23(30-21)17-7-10-19(27)11-8-17/h2-13,27H,14H2,1H3,(H,25,26). The predicted molar refractivity (Wildman–Crippen MR) is 115 cm³/mol. The maximum absolute atomic E-state index is 13.3. The summed E-state index contributed by atoms with van der Waals surface area (Å²) in [5.74, 6) is 0.210. The lowest BCUT2D eigenvalue weighted by atomic mass is 10.1. The molecule has 0 aliphatic rings. The third kappa shape index (κ3) is 4.03.